The smallest absolute Gasteiger partial charge is 0.323 e. The van der Waals surface area contributed by atoms with Crippen molar-refractivity contribution >= 4 is 17.3 Å². The molecule has 6 N–H and O–H groups in total. The van der Waals surface area contributed by atoms with Crippen molar-refractivity contribution in [2.75, 3.05) is 12.3 Å². The number of ether oxygens (including phenoxy) is 2. The summed E-state index contributed by atoms with van der Waals surface area (Å²) < 4.78 is 12.2. The van der Waals surface area contributed by atoms with E-state index in [-0.39, 0.29) is 24.0 Å². The van der Waals surface area contributed by atoms with E-state index in [0.717, 1.165) is 0 Å². The maximum atomic E-state index is 12.0. The Hall–Kier alpha value is -2.78. The highest BCUT2D eigenvalue weighted by Crippen LogP contribution is 2.40. The summed E-state index contributed by atoms with van der Waals surface area (Å²) >= 11 is 0. The zero-order valence-electron chi connectivity index (χ0n) is 16.1. The highest BCUT2D eigenvalue weighted by Gasteiger charge is 2.57. The summed E-state index contributed by atoms with van der Waals surface area (Å²) in [7, 11) is 0. The molecule has 1 fully saturated rings. The molecule has 0 amide bonds. The van der Waals surface area contributed by atoms with Crippen LogP contribution in [0.3, 0.4) is 0 Å². The van der Waals surface area contributed by atoms with Crippen LogP contribution < -0.4 is 11.5 Å². The first-order valence-electron chi connectivity index (χ1n) is 9.17. The number of rotatable bonds is 6. The standard InChI is InChI=1S/C18H24N6O5/c1-9(2)5-10(20)17(27)28-6-12-14(25)15(26)18(7-19,29-12)13-4-3-11-16(21)22-8-23-24(11)13/h3-4,8-10,12,14-15,25-26H,5-6,20H2,1-2H3,(H2,21,22,23)/t10-,12-,14-,15-,18+/m1/s1. The van der Waals surface area contributed by atoms with Gasteiger partial charge in [-0.25, -0.2) is 9.50 Å². The number of carbonyl (C=O) groups is 1. The number of aliphatic hydroxyl groups excluding tert-OH is 2. The monoisotopic (exact) mass is 404 g/mol. The van der Waals surface area contributed by atoms with Crippen LogP contribution in [0.2, 0.25) is 0 Å². The molecule has 0 aromatic carbocycles. The van der Waals surface area contributed by atoms with E-state index >= 15 is 0 Å². The third-order valence-corrected chi connectivity index (χ3v) is 4.90. The number of nitriles is 1. The maximum Gasteiger partial charge on any atom is 0.323 e. The number of nitrogen functional groups attached to an aromatic ring is 1. The molecule has 5 atom stereocenters. The molecule has 156 valence electrons. The Kier molecular flexibility index (Phi) is 5.72. The third kappa shape index (κ3) is 3.63. The molecule has 11 nitrogen and oxygen atoms in total. The van der Waals surface area contributed by atoms with E-state index in [9.17, 15) is 20.3 Å². The molecular weight excluding hydrogens is 380 g/mol. The first-order valence-corrected chi connectivity index (χ1v) is 9.17. The van der Waals surface area contributed by atoms with Crippen LogP contribution in [-0.4, -0.2) is 61.7 Å². The number of aromatic nitrogens is 3. The van der Waals surface area contributed by atoms with Crippen LogP contribution in [0.15, 0.2) is 18.5 Å². The molecule has 1 aliphatic heterocycles. The van der Waals surface area contributed by atoms with Crippen LogP contribution in [0.1, 0.15) is 26.0 Å². The fourth-order valence-corrected chi connectivity index (χ4v) is 3.43. The minimum atomic E-state index is -1.94. The van der Waals surface area contributed by atoms with Crippen LogP contribution in [0.4, 0.5) is 5.82 Å². The fourth-order valence-electron chi connectivity index (χ4n) is 3.43. The van der Waals surface area contributed by atoms with Crippen LogP contribution in [0.5, 0.6) is 0 Å². The zero-order valence-corrected chi connectivity index (χ0v) is 16.1. The number of hydrogen-bond acceptors (Lipinski definition) is 10. The van der Waals surface area contributed by atoms with Gasteiger partial charge in [0, 0.05) is 0 Å². The summed E-state index contributed by atoms with van der Waals surface area (Å²) in [6.07, 6.45) is -2.59. The highest BCUT2D eigenvalue weighted by molar-refractivity contribution is 5.75. The van der Waals surface area contributed by atoms with Crippen molar-refractivity contribution in [3.8, 4) is 6.07 Å². The molecule has 1 saturated heterocycles. The lowest BCUT2D eigenvalue weighted by Crippen LogP contribution is -2.41. The first-order chi connectivity index (χ1) is 13.7. The Bertz CT molecular complexity index is 940. The molecule has 3 rings (SSSR count). The minimum absolute atomic E-state index is 0.168. The summed E-state index contributed by atoms with van der Waals surface area (Å²) in [5, 5.41) is 34.9. The van der Waals surface area contributed by atoms with Gasteiger partial charge in [-0.1, -0.05) is 13.8 Å². The predicted molar refractivity (Wildman–Crippen MR) is 100.0 cm³/mol. The first kappa shape index (κ1) is 20.9. The van der Waals surface area contributed by atoms with Gasteiger partial charge in [-0.15, -0.1) is 0 Å². The predicted octanol–water partition coefficient (Wildman–Crippen LogP) is -0.932. The number of nitrogens with two attached hydrogens (primary N) is 2. The summed E-state index contributed by atoms with van der Waals surface area (Å²) in [5.74, 6) is -0.264. The van der Waals surface area contributed by atoms with Gasteiger partial charge in [0.05, 0.1) is 5.69 Å². The van der Waals surface area contributed by atoms with Crippen LogP contribution in [-0.2, 0) is 19.9 Å². The lowest BCUT2D eigenvalue weighted by molar-refractivity contribution is -0.152. The normalized spacial score (nSPS) is 27.8. The number of carbonyl (C=O) groups excluding carboxylic acids is 1. The summed E-state index contributed by atoms with van der Waals surface area (Å²) in [4.78, 5) is 15.9. The van der Waals surface area contributed by atoms with E-state index in [1.807, 2.05) is 19.9 Å². The number of esters is 1. The molecule has 0 unspecified atom stereocenters. The van der Waals surface area contributed by atoms with Gasteiger partial charge in [0.2, 0.25) is 5.60 Å². The van der Waals surface area contributed by atoms with Gasteiger partial charge < -0.3 is 31.2 Å². The number of aliphatic hydroxyl groups is 2. The average Bonchev–Trinajstić information content (AvgIpc) is 3.21. The van der Waals surface area contributed by atoms with Gasteiger partial charge >= 0.3 is 5.97 Å². The number of hydrogen-bond donors (Lipinski definition) is 4. The molecule has 0 saturated carbocycles. The fraction of sp³-hybridized carbons (Fsp3) is 0.556. The second-order valence-electron chi connectivity index (χ2n) is 7.47. The molecule has 0 bridgehead atoms. The molecule has 29 heavy (non-hydrogen) atoms. The molecule has 1 aliphatic rings. The zero-order chi connectivity index (χ0) is 21.3. The second-order valence-corrected chi connectivity index (χ2v) is 7.47. The van der Waals surface area contributed by atoms with Gasteiger partial charge in [0.1, 0.15) is 48.9 Å². The average molecular weight is 404 g/mol. The van der Waals surface area contributed by atoms with Crippen molar-refractivity contribution in [3.63, 3.8) is 0 Å². The molecule has 0 radical (unpaired) electrons. The summed E-state index contributed by atoms with van der Waals surface area (Å²) in [6, 6.07) is 4.19. The molecule has 0 aliphatic carbocycles. The number of anilines is 1. The molecule has 2 aromatic heterocycles. The Morgan fingerprint density at radius 1 is 1.48 bits per heavy atom. The van der Waals surface area contributed by atoms with E-state index in [0.29, 0.717) is 11.9 Å². The van der Waals surface area contributed by atoms with Crippen LogP contribution >= 0.6 is 0 Å². The summed E-state index contributed by atoms with van der Waals surface area (Å²) in [6.45, 7) is 3.48. The van der Waals surface area contributed by atoms with Crippen molar-refractivity contribution in [1.29, 1.82) is 5.26 Å². The summed E-state index contributed by atoms with van der Waals surface area (Å²) in [5.41, 5.74) is 10.2. The van der Waals surface area contributed by atoms with Gasteiger partial charge in [-0.3, -0.25) is 4.79 Å². The van der Waals surface area contributed by atoms with Gasteiger partial charge in [0.15, 0.2) is 5.82 Å². The Morgan fingerprint density at radius 3 is 2.86 bits per heavy atom. The van der Waals surface area contributed by atoms with Gasteiger partial charge in [-0.2, -0.15) is 10.4 Å². The minimum Gasteiger partial charge on any atom is -0.462 e. The number of nitrogens with zero attached hydrogens (tertiary/aromatic N) is 4. The quantitative estimate of drug-likeness (QED) is 0.439. The Balaban J connectivity index is 1.82. The van der Waals surface area contributed by atoms with Crippen molar-refractivity contribution in [2.24, 2.45) is 11.7 Å². The van der Waals surface area contributed by atoms with Crippen molar-refractivity contribution in [1.82, 2.24) is 14.6 Å². The molecule has 0 spiro atoms. The number of fused-ring (bicyclic) bond motifs is 1. The van der Waals surface area contributed by atoms with E-state index in [2.05, 4.69) is 10.1 Å². The molecule has 3 heterocycles. The van der Waals surface area contributed by atoms with Crippen LogP contribution in [0, 0.1) is 17.2 Å². The Morgan fingerprint density at radius 2 is 2.21 bits per heavy atom. The van der Waals surface area contributed by atoms with E-state index < -0.39 is 35.9 Å². The van der Waals surface area contributed by atoms with E-state index in [1.165, 1.54) is 16.9 Å². The van der Waals surface area contributed by atoms with Gasteiger partial charge in [0.25, 0.3) is 0 Å². The molecule has 11 heteroatoms. The third-order valence-electron chi connectivity index (χ3n) is 4.90. The molecule has 2 aromatic rings. The lowest BCUT2D eigenvalue weighted by atomic mass is 9.92. The van der Waals surface area contributed by atoms with Crippen molar-refractivity contribution in [3.05, 3.63) is 24.2 Å². The van der Waals surface area contributed by atoms with E-state index in [1.54, 1.807) is 6.07 Å². The van der Waals surface area contributed by atoms with Crippen molar-refractivity contribution < 1.29 is 24.5 Å². The largest absolute Gasteiger partial charge is 0.462 e. The van der Waals surface area contributed by atoms with Crippen LogP contribution in [0.25, 0.3) is 5.52 Å². The molecular formula is C18H24N6O5. The topological polar surface area (TPSA) is 182 Å². The highest BCUT2D eigenvalue weighted by atomic mass is 16.6. The Labute approximate surface area is 166 Å². The maximum absolute atomic E-state index is 12.0. The SMILES string of the molecule is CC(C)C[C@@H](N)C(=O)OC[C@H]1O[C@@](C#N)(c2ccc3c(N)ncnn23)[C@H](O)[C@@H]1O. The lowest BCUT2D eigenvalue weighted by Gasteiger charge is -2.24. The second kappa shape index (κ2) is 7.92. The van der Waals surface area contributed by atoms with Gasteiger partial charge in [-0.05, 0) is 24.5 Å². The van der Waals surface area contributed by atoms with E-state index in [4.69, 9.17) is 20.9 Å². The van der Waals surface area contributed by atoms with Crippen molar-refractivity contribution in [2.45, 2.75) is 50.2 Å².